The van der Waals surface area contributed by atoms with Gasteiger partial charge in [-0.25, -0.2) is 4.98 Å². The summed E-state index contributed by atoms with van der Waals surface area (Å²) in [5.74, 6) is 2.45. The number of nitrogens with two attached hydrogens (primary N) is 1. The third-order valence-electron chi connectivity index (χ3n) is 3.26. The number of hydrogen-bond donors (Lipinski definition) is 1. The summed E-state index contributed by atoms with van der Waals surface area (Å²) in [5, 5.41) is 0. The van der Waals surface area contributed by atoms with Crippen molar-refractivity contribution in [3.05, 3.63) is 29.7 Å². The van der Waals surface area contributed by atoms with Crippen LogP contribution in [0.15, 0.2) is 18.3 Å². The molecule has 3 rings (SSSR count). The number of nitrogens with zero attached hydrogens (tertiary/aromatic N) is 2. The first-order valence-corrected chi connectivity index (χ1v) is 5.82. The second kappa shape index (κ2) is 4.03. The molecular formula is C13H15N3O2. The molecule has 0 unspecified atom stereocenters. The van der Waals surface area contributed by atoms with E-state index in [9.17, 15) is 0 Å². The van der Waals surface area contributed by atoms with E-state index in [0.29, 0.717) is 6.54 Å². The maximum Gasteiger partial charge on any atom is 0.231 e. The molecule has 0 atom stereocenters. The van der Waals surface area contributed by atoms with Crippen LogP contribution < -0.4 is 15.2 Å². The molecule has 5 heteroatoms. The van der Waals surface area contributed by atoms with Gasteiger partial charge in [-0.15, -0.1) is 0 Å². The van der Waals surface area contributed by atoms with Crippen molar-refractivity contribution in [2.75, 3.05) is 6.79 Å². The summed E-state index contributed by atoms with van der Waals surface area (Å²) < 4.78 is 12.8. The molecule has 5 nitrogen and oxygen atoms in total. The largest absolute Gasteiger partial charge is 0.454 e. The standard InChI is InChI=1S/C13H15N3O2/c1-8-3-11-12(18-7-17-11)4-9(8)10-6-15-13(5-14)16(10)2/h3-4,6H,5,7,14H2,1-2H3. The maximum atomic E-state index is 5.64. The average molecular weight is 245 g/mol. The molecule has 1 aliphatic rings. The number of imidazole rings is 1. The van der Waals surface area contributed by atoms with Gasteiger partial charge in [-0.3, -0.25) is 0 Å². The Balaban J connectivity index is 2.14. The zero-order valence-corrected chi connectivity index (χ0v) is 10.4. The summed E-state index contributed by atoms with van der Waals surface area (Å²) in [7, 11) is 1.97. The minimum absolute atomic E-state index is 0.289. The maximum absolute atomic E-state index is 5.64. The van der Waals surface area contributed by atoms with E-state index in [1.165, 1.54) is 0 Å². The second-order valence-corrected chi connectivity index (χ2v) is 4.34. The van der Waals surface area contributed by atoms with Gasteiger partial charge in [0.05, 0.1) is 18.4 Å². The quantitative estimate of drug-likeness (QED) is 0.872. The van der Waals surface area contributed by atoms with Crippen LogP contribution in [0.4, 0.5) is 0 Å². The summed E-state index contributed by atoms with van der Waals surface area (Å²) in [6.07, 6.45) is 1.84. The van der Waals surface area contributed by atoms with Crippen LogP contribution in [0.2, 0.25) is 0 Å². The van der Waals surface area contributed by atoms with Crippen LogP contribution in [-0.4, -0.2) is 16.3 Å². The lowest BCUT2D eigenvalue weighted by molar-refractivity contribution is 0.174. The number of rotatable bonds is 2. The molecule has 0 spiro atoms. The summed E-state index contributed by atoms with van der Waals surface area (Å²) >= 11 is 0. The van der Waals surface area contributed by atoms with Gasteiger partial charge in [-0.1, -0.05) is 0 Å². The molecule has 1 aromatic heterocycles. The van der Waals surface area contributed by atoms with Gasteiger partial charge in [0, 0.05) is 12.6 Å². The minimum Gasteiger partial charge on any atom is -0.454 e. The molecule has 0 saturated carbocycles. The van der Waals surface area contributed by atoms with E-state index < -0.39 is 0 Å². The van der Waals surface area contributed by atoms with Crippen molar-refractivity contribution in [3.8, 4) is 22.8 Å². The smallest absolute Gasteiger partial charge is 0.231 e. The number of benzene rings is 1. The van der Waals surface area contributed by atoms with Gasteiger partial charge in [-0.05, 0) is 24.6 Å². The average Bonchev–Trinajstić information content (AvgIpc) is 2.94. The normalized spacial score (nSPS) is 13.1. The zero-order valence-electron chi connectivity index (χ0n) is 10.4. The monoisotopic (exact) mass is 245 g/mol. The first kappa shape index (κ1) is 11.1. The van der Waals surface area contributed by atoms with Gasteiger partial charge in [0.1, 0.15) is 5.82 Å². The van der Waals surface area contributed by atoms with E-state index >= 15 is 0 Å². The van der Waals surface area contributed by atoms with E-state index in [1.54, 1.807) is 0 Å². The minimum atomic E-state index is 0.289. The van der Waals surface area contributed by atoms with Gasteiger partial charge < -0.3 is 19.8 Å². The lowest BCUT2D eigenvalue weighted by Gasteiger charge is -2.09. The fourth-order valence-corrected chi connectivity index (χ4v) is 2.21. The van der Waals surface area contributed by atoms with Crippen molar-refractivity contribution in [2.45, 2.75) is 13.5 Å². The van der Waals surface area contributed by atoms with Crippen LogP contribution in [0.3, 0.4) is 0 Å². The Morgan fingerprint density at radius 1 is 1.33 bits per heavy atom. The highest BCUT2D eigenvalue weighted by Gasteiger charge is 2.18. The predicted molar refractivity (Wildman–Crippen MR) is 67.4 cm³/mol. The van der Waals surface area contributed by atoms with Gasteiger partial charge in [0.2, 0.25) is 6.79 Å². The summed E-state index contributed by atoms with van der Waals surface area (Å²) in [6, 6.07) is 3.99. The van der Waals surface area contributed by atoms with Gasteiger partial charge in [0.25, 0.3) is 0 Å². The van der Waals surface area contributed by atoms with Gasteiger partial charge >= 0.3 is 0 Å². The van der Waals surface area contributed by atoms with Crippen LogP contribution in [0.1, 0.15) is 11.4 Å². The number of aryl methyl sites for hydroxylation is 1. The second-order valence-electron chi connectivity index (χ2n) is 4.34. The van der Waals surface area contributed by atoms with Crippen LogP contribution in [0.5, 0.6) is 11.5 Å². The van der Waals surface area contributed by atoms with Gasteiger partial charge in [0.15, 0.2) is 11.5 Å². The molecule has 1 aromatic carbocycles. The summed E-state index contributed by atoms with van der Waals surface area (Å²) in [6.45, 7) is 2.77. The Kier molecular flexibility index (Phi) is 2.48. The Morgan fingerprint density at radius 2 is 2.06 bits per heavy atom. The van der Waals surface area contributed by atoms with Crippen molar-refractivity contribution in [1.29, 1.82) is 0 Å². The van der Waals surface area contributed by atoms with E-state index in [0.717, 1.165) is 34.1 Å². The van der Waals surface area contributed by atoms with Crippen molar-refractivity contribution >= 4 is 0 Å². The van der Waals surface area contributed by atoms with E-state index in [4.69, 9.17) is 15.2 Å². The molecule has 0 radical (unpaired) electrons. The van der Waals surface area contributed by atoms with Crippen molar-refractivity contribution in [3.63, 3.8) is 0 Å². The highest BCUT2D eigenvalue weighted by molar-refractivity contribution is 5.68. The van der Waals surface area contributed by atoms with E-state index in [2.05, 4.69) is 4.98 Å². The number of fused-ring (bicyclic) bond motifs is 1. The zero-order chi connectivity index (χ0) is 12.7. The lowest BCUT2D eigenvalue weighted by atomic mass is 10.1. The highest BCUT2D eigenvalue weighted by Crippen LogP contribution is 2.38. The van der Waals surface area contributed by atoms with Crippen molar-refractivity contribution in [2.24, 2.45) is 12.8 Å². The highest BCUT2D eigenvalue weighted by atomic mass is 16.7. The molecular weight excluding hydrogens is 230 g/mol. The van der Waals surface area contributed by atoms with Crippen molar-refractivity contribution in [1.82, 2.24) is 9.55 Å². The molecule has 2 aromatic rings. The predicted octanol–water partition coefficient (Wildman–Crippen LogP) is 1.58. The first-order valence-electron chi connectivity index (χ1n) is 5.82. The van der Waals surface area contributed by atoms with Crippen LogP contribution in [0.25, 0.3) is 11.3 Å². The molecule has 0 saturated heterocycles. The fourth-order valence-electron chi connectivity index (χ4n) is 2.21. The summed E-state index contributed by atoms with van der Waals surface area (Å²) in [5.41, 5.74) is 8.90. The Labute approximate surface area is 105 Å². The SMILES string of the molecule is Cc1cc2c(cc1-c1cnc(CN)n1C)OCO2. The number of hydrogen-bond acceptors (Lipinski definition) is 4. The molecule has 0 aliphatic carbocycles. The summed E-state index contributed by atoms with van der Waals surface area (Å²) in [4.78, 5) is 4.31. The first-order chi connectivity index (χ1) is 8.70. The number of ether oxygens (including phenoxy) is 2. The van der Waals surface area contributed by atoms with E-state index in [1.807, 2.05) is 36.9 Å². The van der Waals surface area contributed by atoms with Crippen LogP contribution in [-0.2, 0) is 13.6 Å². The molecule has 0 bridgehead atoms. The Bertz CT molecular complexity index is 605. The third kappa shape index (κ3) is 1.55. The Hall–Kier alpha value is -2.01. The topological polar surface area (TPSA) is 62.3 Å². The third-order valence-corrected chi connectivity index (χ3v) is 3.26. The molecule has 2 heterocycles. The van der Waals surface area contributed by atoms with E-state index in [-0.39, 0.29) is 6.79 Å². The molecule has 18 heavy (non-hydrogen) atoms. The molecule has 0 amide bonds. The number of aromatic nitrogens is 2. The molecule has 2 N–H and O–H groups in total. The van der Waals surface area contributed by atoms with Crippen LogP contribution >= 0.6 is 0 Å². The molecule has 1 aliphatic heterocycles. The van der Waals surface area contributed by atoms with Crippen LogP contribution in [0, 0.1) is 6.92 Å². The molecule has 0 fully saturated rings. The van der Waals surface area contributed by atoms with Crippen molar-refractivity contribution < 1.29 is 9.47 Å². The Morgan fingerprint density at radius 3 is 2.72 bits per heavy atom. The molecule has 94 valence electrons. The van der Waals surface area contributed by atoms with Gasteiger partial charge in [-0.2, -0.15) is 0 Å². The fraction of sp³-hybridized carbons (Fsp3) is 0.308. The lowest BCUT2D eigenvalue weighted by Crippen LogP contribution is -2.05.